The van der Waals surface area contributed by atoms with Crippen LogP contribution < -0.4 is 14.2 Å². The second-order valence-corrected chi connectivity index (χ2v) is 4.51. The highest BCUT2D eigenvalue weighted by atomic mass is 16.5. The number of carbonyl (C=O) groups excluding carboxylic acids is 2. The SMILES string of the molecule is CCOC(=O)/C(=C/c1cc(OC)c(OC)c(OC)c1)C(=O)CC. The lowest BCUT2D eigenvalue weighted by atomic mass is 10.0. The first-order valence-electron chi connectivity index (χ1n) is 7.24. The summed E-state index contributed by atoms with van der Waals surface area (Å²) in [7, 11) is 4.49. The summed E-state index contributed by atoms with van der Waals surface area (Å²) in [4.78, 5) is 24.0. The van der Waals surface area contributed by atoms with Gasteiger partial charge in [-0.05, 0) is 30.7 Å². The van der Waals surface area contributed by atoms with E-state index < -0.39 is 5.97 Å². The highest BCUT2D eigenvalue weighted by Crippen LogP contribution is 2.38. The van der Waals surface area contributed by atoms with E-state index in [4.69, 9.17) is 18.9 Å². The van der Waals surface area contributed by atoms with Crippen molar-refractivity contribution < 1.29 is 28.5 Å². The molecule has 0 atom stereocenters. The van der Waals surface area contributed by atoms with Crippen LogP contribution in [0.15, 0.2) is 17.7 Å². The number of methoxy groups -OCH3 is 3. The molecule has 0 spiro atoms. The maximum absolute atomic E-state index is 12.0. The minimum Gasteiger partial charge on any atom is -0.493 e. The molecule has 0 aliphatic heterocycles. The molecule has 6 heteroatoms. The lowest BCUT2D eigenvalue weighted by Gasteiger charge is -2.13. The Hall–Kier alpha value is -2.50. The van der Waals surface area contributed by atoms with Gasteiger partial charge in [-0.2, -0.15) is 0 Å². The summed E-state index contributed by atoms with van der Waals surface area (Å²) in [5, 5.41) is 0. The van der Waals surface area contributed by atoms with Crippen LogP contribution in [-0.4, -0.2) is 39.7 Å². The molecule has 0 aliphatic rings. The maximum Gasteiger partial charge on any atom is 0.341 e. The third kappa shape index (κ3) is 4.48. The van der Waals surface area contributed by atoms with Crippen molar-refractivity contribution in [3.05, 3.63) is 23.3 Å². The Morgan fingerprint density at radius 3 is 1.96 bits per heavy atom. The second-order valence-electron chi connectivity index (χ2n) is 4.51. The van der Waals surface area contributed by atoms with Crippen LogP contribution >= 0.6 is 0 Å². The lowest BCUT2D eigenvalue weighted by Crippen LogP contribution is -2.15. The molecule has 0 saturated heterocycles. The number of rotatable bonds is 8. The van der Waals surface area contributed by atoms with Crippen molar-refractivity contribution in [1.82, 2.24) is 0 Å². The van der Waals surface area contributed by atoms with Gasteiger partial charge in [0.05, 0.1) is 27.9 Å². The Kier molecular flexibility index (Phi) is 7.12. The number of benzene rings is 1. The fourth-order valence-electron chi connectivity index (χ4n) is 2.00. The molecule has 0 bridgehead atoms. The van der Waals surface area contributed by atoms with Gasteiger partial charge >= 0.3 is 5.97 Å². The molecule has 0 saturated carbocycles. The van der Waals surface area contributed by atoms with E-state index in [0.717, 1.165) is 0 Å². The molecule has 126 valence electrons. The minimum absolute atomic E-state index is 0.0105. The molecule has 1 aromatic rings. The maximum atomic E-state index is 12.0. The van der Waals surface area contributed by atoms with Gasteiger partial charge in [0, 0.05) is 6.42 Å². The van der Waals surface area contributed by atoms with E-state index in [0.29, 0.717) is 22.8 Å². The highest BCUT2D eigenvalue weighted by molar-refractivity contribution is 6.20. The average molecular weight is 322 g/mol. The molecule has 0 unspecified atom stereocenters. The van der Waals surface area contributed by atoms with E-state index in [9.17, 15) is 9.59 Å². The van der Waals surface area contributed by atoms with E-state index in [1.807, 2.05) is 0 Å². The quantitative estimate of drug-likeness (QED) is 0.317. The second kappa shape index (κ2) is 8.82. The first-order chi connectivity index (χ1) is 11.0. The standard InChI is InChI=1S/C17H22O6/c1-6-13(18)12(17(19)23-7-2)8-11-9-14(20-3)16(22-5)15(10-11)21-4/h8-10H,6-7H2,1-5H3/b12-8+. The predicted octanol–water partition coefficient (Wildman–Crippen LogP) is 2.64. The summed E-state index contributed by atoms with van der Waals surface area (Å²) in [5.41, 5.74) is 0.563. The molecule has 0 heterocycles. The predicted molar refractivity (Wildman–Crippen MR) is 86.0 cm³/mol. The Labute approximate surface area is 136 Å². The monoisotopic (exact) mass is 322 g/mol. The largest absolute Gasteiger partial charge is 0.493 e. The molecule has 6 nitrogen and oxygen atoms in total. The van der Waals surface area contributed by atoms with Gasteiger partial charge < -0.3 is 18.9 Å². The number of ether oxygens (including phenoxy) is 4. The van der Waals surface area contributed by atoms with Crippen LogP contribution in [0.4, 0.5) is 0 Å². The van der Waals surface area contributed by atoms with Crippen molar-refractivity contribution in [2.75, 3.05) is 27.9 Å². The molecule has 0 aromatic heterocycles. The molecule has 0 amide bonds. The van der Waals surface area contributed by atoms with Crippen molar-refractivity contribution in [2.24, 2.45) is 0 Å². The van der Waals surface area contributed by atoms with Crippen molar-refractivity contribution in [2.45, 2.75) is 20.3 Å². The Morgan fingerprint density at radius 2 is 1.57 bits per heavy atom. The third-order valence-corrected chi connectivity index (χ3v) is 3.11. The number of hydrogen-bond acceptors (Lipinski definition) is 6. The molecule has 0 aliphatic carbocycles. The van der Waals surface area contributed by atoms with Crippen LogP contribution in [0.3, 0.4) is 0 Å². The normalized spacial score (nSPS) is 10.9. The van der Waals surface area contributed by atoms with Crippen molar-refractivity contribution in [1.29, 1.82) is 0 Å². The van der Waals surface area contributed by atoms with Gasteiger partial charge in [0.1, 0.15) is 5.57 Å². The summed E-state index contributed by atoms with van der Waals surface area (Å²) in [6, 6.07) is 3.31. The van der Waals surface area contributed by atoms with Crippen LogP contribution in [0.25, 0.3) is 6.08 Å². The number of hydrogen-bond donors (Lipinski definition) is 0. The van der Waals surface area contributed by atoms with Crippen LogP contribution in [-0.2, 0) is 14.3 Å². The molecule has 1 aromatic carbocycles. The smallest absolute Gasteiger partial charge is 0.341 e. The van der Waals surface area contributed by atoms with Gasteiger partial charge in [-0.25, -0.2) is 4.79 Å². The van der Waals surface area contributed by atoms with Gasteiger partial charge in [0.2, 0.25) is 5.75 Å². The van der Waals surface area contributed by atoms with Crippen LogP contribution in [0.1, 0.15) is 25.8 Å². The summed E-state index contributed by atoms with van der Waals surface area (Å²) >= 11 is 0. The number of esters is 1. The number of ketones is 1. The first-order valence-corrected chi connectivity index (χ1v) is 7.24. The molecule has 0 fully saturated rings. The molecular weight excluding hydrogens is 300 g/mol. The summed E-state index contributed by atoms with van der Waals surface area (Å²) in [6.45, 7) is 3.57. The first kappa shape index (κ1) is 18.5. The van der Waals surface area contributed by atoms with Crippen molar-refractivity contribution in [3.63, 3.8) is 0 Å². The molecule has 23 heavy (non-hydrogen) atoms. The van der Waals surface area contributed by atoms with Crippen LogP contribution in [0, 0.1) is 0 Å². The van der Waals surface area contributed by atoms with Gasteiger partial charge in [-0.3, -0.25) is 4.79 Å². The summed E-state index contributed by atoms with van der Waals surface area (Å²) in [6.07, 6.45) is 1.67. The van der Waals surface area contributed by atoms with Crippen molar-refractivity contribution >= 4 is 17.8 Å². The Morgan fingerprint density at radius 1 is 1.00 bits per heavy atom. The Bertz CT molecular complexity index is 578. The van der Waals surface area contributed by atoms with E-state index in [-0.39, 0.29) is 24.4 Å². The minimum atomic E-state index is -0.645. The summed E-state index contributed by atoms with van der Waals surface area (Å²) < 4.78 is 20.7. The summed E-state index contributed by atoms with van der Waals surface area (Å²) in [5.74, 6) is 0.368. The van der Waals surface area contributed by atoms with E-state index in [1.165, 1.54) is 27.4 Å². The number of carbonyl (C=O) groups is 2. The highest BCUT2D eigenvalue weighted by Gasteiger charge is 2.19. The zero-order valence-corrected chi connectivity index (χ0v) is 14.1. The fraction of sp³-hybridized carbons (Fsp3) is 0.412. The topological polar surface area (TPSA) is 71.1 Å². The van der Waals surface area contributed by atoms with Crippen LogP contribution in [0.5, 0.6) is 17.2 Å². The Balaban J connectivity index is 3.41. The molecule has 0 radical (unpaired) electrons. The zero-order valence-electron chi connectivity index (χ0n) is 14.1. The van der Waals surface area contributed by atoms with E-state index in [2.05, 4.69) is 0 Å². The average Bonchev–Trinajstić information content (AvgIpc) is 2.57. The van der Waals surface area contributed by atoms with E-state index >= 15 is 0 Å². The van der Waals surface area contributed by atoms with Gasteiger partial charge in [0.25, 0.3) is 0 Å². The molecular formula is C17H22O6. The lowest BCUT2D eigenvalue weighted by molar-refractivity contribution is -0.139. The number of Topliss-reactive ketones (excluding diaryl/α,β-unsaturated/α-hetero) is 1. The van der Waals surface area contributed by atoms with Crippen LogP contribution in [0.2, 0.25) is 0 Å². The van der Waals surface area contributed by atoms with Gasteiger partial charge in [0.15, 0.2) is 17.3 Å². The molecule has 1 rings (SSSR count). The van der Waals surface area contributed by atoms with Crippen molar-refractivity contribution in [3.8, 4) is 17.2 Å². The van der Waals surface area contributed by atoms with E-state index in [1.54, 1.807) is 26.0 Å². The molecule has 0 N–H and O–H groups in total. The van der Waals surface area contributed by atoms with Gasteiger partial charge in [-0.1, -0.05) is 6.92 Å². The zero-order chi connectivity index (χ0) is 17.4. The third-order valence-electron chi connectivity index (χ3n) is 3.11. The fourth-order valence-corrected chi connectivity index (χ4v) is 2.00. The van der Waals surface area contributed by atoms with Gasteiger partial charge in [-0.15, -0.1) is 0 Å².